The van der Waals surface area contributed by atoms with Gasteiger partial charge in [0.25, 0.3) is 0 Å². The van der Waals surface area contributed by atoms with Crippen molar-refractivity contribution in [1.29, 1.82) is 0 Å². The number of amides is 1. The van der Waals surface area contributed by atoms with E-state index in [1.807, 2.05) is 25.3 Å². The van der Waals surface area contributed by atoms with Gasteiger partial charge in [0, 0.05) is 6.20 Å². The van der Waals surface area contributed by atoms with E-state index >= 15 is 0 Å². The molecule has 0 unspecified atom stereocenters. The molecule has 0 saturated heterocycles. The van der Waals surface area contributed by atoms with Crippen LogP contribution >= 0.6 is 11.8 Å². The number of anilines is 1. The van der Waals surface area contributed by atoms with E-state index in [0.717, 1.165) is 11.3 Å². The molecule has 5 heteroatoms. The molecule has 1 aromatic heterocycles. The SMILES string of the molecule is CSCC[C@@H](N)C(=O)Nc1cc(C)ccn1. The lowest BCUT2D eigenvalue weighted by Crippen LogP contribution is -2.36. The Labute approximate surface area is 100 Å². The van der Waals surface area contributed by atoms with Gasteiger partial charge < -0.3 is 11.1 Å². The van der Waals surface area contributed by atoms with Gasteiger partial charge in [-0.3, -0.25) is 4.79 Å². The smallest absolute Gasteiger partial charge is 0.242 e. The molecule has 16 heavy (non-hydrogen) atoms. The zero-order valence-corrected chi connectivity index (χ0v) is 10.4. The average molecular weight is 239 g/mol. The first-order valence-electron chi connectivity index (χ1n) is 5.11. The maximum atomic E-state index is 11.6. The summed E-state index contributed by atoms with van der Waals surface area (Å²) < 4.78 is 0. The second-order valence-electron chi connectivity index (χ2n) is 3.60. The molecule has 4 nitrogen and oxygen atoms in total. The van der Waals surface area contributed by atoms with E-state index in [1.54, 1.807) is 18.0 Å². The van der Waals surface area contributed by atoms with Crippen LogP contribution in [0.5, 0.6) is 0 Å². The minimum atomic E-state index is -0.463. The number of carbonyl (C=O) groups is 1. The molecule has 0 aromatic carbocycles. The van der Waals surface area contributed by atoms with Gasteiger partial charge in [-0.1, -0.05) is 0 Å². The van der Waals surface area contributed by atoms with Gasteiger partial charge >= 0.3 is 0 Å². The number of nitrogens with zero attached hydrogens (tertiary/aromatic N) is 1. The van der Waals surface area contributed by atoms with Gasteiger partial charge in [-0.15, -0.1) is 0 Å². The highest BCUT2D eigenvalue weighted by molar-refractivity contribution is 7.98. The predicted molar refractivity (Wildman–Crippen MR) is 68.6 cm³/mol. The van der Waals surface area contributed by atoms with E-state index in [0.29, 0.717) is 12.2 Å². The van der Waals surface area contributed by atoms with Crippen molar-refractivity contribution in [2.24, 2.45) is 5.73 Å². The highest BCUT2D eigenvalue weighted by atomic mass is 32.2. The second-order valence-corrected chi connectivity index (χ2v) is 4.58. The number of pyridine rings is 1. The van der Waals surface area contributed by atoms with Crippen LogP contribution < -0.4 is 11.1 Å². The fourth-order valence-electron chi connectivity index (χ4n) is 1.20. The Morgan fingerprint density at radius 1 is 1.69 bits per heavy atom. The maximum absolute atomic E-state index is 11.6. The lowest BCUT2D eigenvalue weighted by Gasteiger charge is -2.11. The van der Waals surface area contributed by atoms with E-state index < -0.39 is 6.04 Å². The quantitative estimate of drug-likeness (QED) is 0.815. The number of aromatic nitrogens is 1. The molecule has 0 fully saturated rings. The molecular formula is C11H17N3OS. The van der Waals surface area contributed by atoms with E-state index in [9.17, 15) is 4.79 Å². The first-order chi connectivity index (χ1) is 7.63. The van der Waals surface area contributed by atoms with Crippen molar-refractivity contribution in [1.82, 2.24) is 4.98 Å². The summed E-state index contributed by atoms with van der Waals surface area (Å²) in [4.78, 5) is 15.7. The van der Waals surface area contributed by atoms with Crippen molar-refractivity contribution in [2.75, 3.05) is 17.3 Å². The summed E-state index contributed by atoms with van der Waals surface area (Å²) in [5.74, 6) is 1.27. The molecule has 0 aliphatic carbocycles. The molecule has 0 radical (unpaired) electrons. The Balaban J connectivity index is 2.50. The first kappa shape index (κ1) is 13.0. The molecule has 1 rings (SSSR count). The molecule has 88 valence electrons. The lowest BCUT2D eigenvalue weighted by atomic mass is 10.2. The number of carbonyl (C=O) groups excluding carboxylic acids is 1. The molecule has 0 bridgehead atoms. The van der Waals surface area contributed by atoms with Gasteiger partial charge in [-0.25, -0.2) is 4.98 Å². The van der Waals surface area contributed by atoms with Crippen LogP contribution in [0.1, 0.15) is 12.0 Å². The Hall–Kier alpha value is -1.07. The van der Waals surface area contributed by atoms with Gasteiger partial charge in [0.15, 0.2) is 0 Å². The summed E-state index contributed by atoms with van der Waals surface area (Å²) >= 11 is 1.68. The Morgan fingerprint density at radius 2 is 2.44 bits per heavy atom. The van der Waals surface area contributed by atoms with Crippen LogP contribution in [0.2, 0.25) is 0 Å². The molecule has 0 spiro atoms. The van der Waals surface area contributed by atoms with Gasteiger partial charge in [-0.05, 0) is 43.0 Å². The summed E-state index contributed by atoms with van der Waals surface area (Å²) in [7, 11) is 0. The van der Waals surface area contributed by atoms with E-state index in [-0.39, 0.29) is 5.91 Å². The zero-order chi connectivity index (χ0) is 12.0. The summed E-state index contributed by atoms with van der Waals surface area (Å²) in [5.41, 5.74) is 6.79. The molecule has 1 atom stereocenters. The number of hydrogen-bond donors (Lipinski definition) is 2. The van der Waals surface area contributed by atoms with Crippen LogP contribution in [0.15, 0.2) is 18.3 Å². The molecule has 3 N–H and O–H groups in total. The predicted octanol–water partition coefficient (Wildman–Crippen LogP) is 1.41. The number of hydrogen-bond acceptors (Lipinski definition) is 4. The molecular weight excluding hydrogens is 222 g/mol. The normalized spacial score (nSPS) is 12.2. The van der Waals surface area contributed by atoms with Crippen molar-refractivity contribution >= 4 is 23.5 Å². The second kappa shape index (κ2) is 6.50. The summed E-state index contributed by atoms with van der Waals surface area (Å²) in [6.45, 7) is 1.95. The van der Waals surface area contributed by atoms with Crippen LogP contribution in [0, 0.1) is 6.92 Å². The fraction of sp³-hybridized carbons (Fsp3) is 0.455. The minimum absolute atomic E-state index is 0.174. The highest BCUT2D eigenvalue weighted by Gasteiger charge is 2.13. The van der Waals surface area contributed by atoms with Gasteiger partial charge in [0.05, 0.1) is 6.04 Å². The standard InChI is InChI=1S/C11H17N3OS/c1-8-3-5-13-10(7-8)14-11(15)9(12)4-6-16-2/h3,5,7,9H,4,6,12H2,1-2H3,(H,13,14,15)/t9-/m1/s1. The Kier molecular flexibility index (Phi) is 5.28. The minimum Gasteiger partial charge on any atom is -0.320 e. The molecule has 1 aromatic rings. The average Bonchev–Trinajstić information content (AvgIpc) is 2.25. The number of nitrogens with one attached hydrogen (secondary N) is 1. The third-order valence-corrected chi connectivity index (χ3v) is 2.78. The van der Waals surface area contributed by atoms with Crippen LogP contribution in [-0.2, 0) is 4.79 Å². The van der Waals surface area contributed by atoms with E-state index in [1.165, 1.54) is 0 Å². The van der Waals surface area contributed by atoms with Crippen molar-refractivity contribution in [2.45, 2.75) is 19.4 Å². The van der Waals surface area contributed by atoms with E-state index in [2.05, 4.69) is 10.3 Å². The number of nitrogens with two attached hydrogens (primary N) is 1. The molecule has 0 aliphatic rings. The zero-order valence-electron chi connectivity index (χ0n) is 9.56. The Morgan fingerprint density at radius 3 is 3.06 bits per heavy atom. The van der Waals surface area contributed by atoms with Crippen molar-refractivity contribution < 1.29 is 4.79 Å². The topological polar surface area (TPSA) is 68.0 Å². The van der Waals surface area contributed by atoms with Crippen LogP contribution in [0.25, 0.3) is 0 Å². The number of aryl methyl sites for hydroxylation is 1. The van der Waals surface area contributed by atoms with Crippen LogP contribution in [-0.4, -0.2) is 28.9 Å². The lowest BCUT2D eigenvalue weighted by molar-refractivity contribution is -0.117. The van der Waals surface area contributed by atoms with Gasteiger partial charge in [-0.2, -0.15) is 11.8 Å². The van der Waals surface area contributed by atoms with Crippen LogP contribution in [0.3, 0.4) is 0 Å². The third kappa shape index (κ3) is 4.20. The summed E-state index contributed by atoms with van der Waals surface area (Å²) in [6.07, 6.45) is 4.34. The van der Waals surface area contributed by atoms with Crippen LogP contribution in [0.4, 0.5) is 5.82 Å². The number of thioether (sulfide) groups is 1. The van der Waals surface area contributed by atoms with Crippen molar-refractivity contribution in [3.63, 3.8) is 0 Å². The highest BCUT2D eigenvalue weighted by Crippen LogP contribution is 2.06. The van der Waals surface area contributed by atoms with Gasteiger partial charge in [0.2, 0.25) is 5.91 Å². The number of rotatable bonds is 5. The van der Waals surface area contributed by atoms with Gasteiger partial charge in [0.1, 0.15) is 5.82 Å². The van der Waals surface area contributed by atoms with E-state index in [4.69, 9.17) is 5.73 Å². The molecule has 0 saturated carbocycles. The third-order valence-electron chi connectivity index (χ3n) is 2.14. The molecule has 0 aliphatic heterocycles. The maximum Gasteiger partial charge on any atom is 0.242 e. The fourth-order valence-corrected chi connectivity index (χ4v) is 1.69. The summed E-state index contributed by atoms with van der Waals surface area (Å²) in [6, 6.07) is 3.23. The molecule has 1 amide bonds. The summed E-state index contributed by atoms with van der Waals surface area (Å²) in [5, 5.41) is 2.71. The monoisotopic (exact) mass is 239 g/mol. The first-order valence-corrected chi connectivity index (χ1v) is 6.51. The Bertz CT molecular complexity index is 357. The largest absolute Gasteiger partial charge is 0.320 e. The van der Waals surface area contributed by atoms with Crippen molar-refractivity contribution in [3.05, 3.63) is 23.9 Å². The van der Waals surface area contributed by atoms with Crippen molar-refractivity contribution in [3.8, 4) is 0 Å². The molecule has 1 heterocycles.